The van der Waals surface area contributed by atoms with Crippen molar-refractivity contribution in [2.24, 2.45) is 5.92 Å². The highest BCUT2D eigenvalue weighted by Crippen LogP contribution is 2.31. The van der Waals surface area contributed by atoms with Crippen LogP contribution in [0, 0.1) is 5.92 Å². The second-order valence-corrected chi connectivity index (χ2v) is 5.82. The van der Waals surface area contributed by atoms with E-state index in [2.05, 4.69) is 17.1 Å². The monoisotopic (exact) mass is 268 g/mol. The van der Waals surface area contributed by atoms with E-state index in [4.69, 9.17) is 4.74 Å². The summed E-state index contributed by atoms with van der Waals surface area (Å²) in [5.74, 6) is 0.665. The minimum atomic E-state index is -0.0330. The van der Waals surface area contributed by atoms with E-state index in [9.17, 15) is 4.79 Å². The van der Waals surface area contributed by atoms with Crippen LogP contribution in [-0.2, 0) is 9.53 Å². The number of hydrogen-bond acceptors (Lipinski definition) is 4. The summed E-state index contributed by atoms with van der Waals surface area (Å²) in [5.41, 5.74) is 0. The lowest BCUT2D eigenvalue weighted by atomic mass is 9.98. The van der Waals surface area contributed by atoms with Crippen LogP contribution in [0.3, 0.4) is 0 Å². The summed E-state index contributed by atoms with van der Waals surface area (Å²) in [6.45, 7) is 7.76. The summed E-state index contributed by atoms with van der Waals surface area (Å²) in [6.07, 6.45) is 5.90. The first kappa shape index (κ1) is 14.8. The van der Waals surface area contributed by atoms with Crippen molar-refractivity contribution in [3.63, 3.8) is 0 Å². The molecule has 1 aliphatic heterocycles. The van der Waals surface area contributed by atoms with Gasteiger partial charge in [0.25, 0.3) is 0 Å². The normalized spacial score (nSPS) is 25.3. The van der Waals surface area contributed by atoms with Crippen LogP contribution >= 0.6 is 0 Å². The maximum Gasteiger partial charge on any atom is 0.323 e. The van der Waals surface area contributed by atoms with Crippen molar-refractivity contribution in [2.45, 2.75) is 58.0 Å². The Hall–Kier alpha value is -0.610. The SMILES string of the molecule is CCOC(=O)C(CC)N(CC1CCCNC1)C1CC1. The third-order valence-corrected chi connectivity index (χ3v) is 4.23. The van der Waals surface area contributed by atoms with Gasteiger partial charge in [-0.1, -0.05) is 6.92 Å². The Balaban J connectivity index is 1.94. The van der Waals surface area contributed by atoms with E-state index in [0.29, 0.717) is 18.6 Å². The molecule has 2 fully saturated rings. The maximum absolute atomic E-state index is 12.1. The maximum atomic E-state index is 12.1. The molecule has 4 heteroatoms. The molecule has 0 aromatic heterocycles. The first-order chi connectivity index (χ1) is 9.26. The lowest BCUT2D eigenvalue weighted by molar-refractivity contribution is -0.150. The van der Waals surface area contributed by atoms with E-state index in [-0.39, 0.29) is 12.0 Å². The van der Waals surface area contributed by atoms with Crippen LogP contribution in [-0.4, -0.2) is 49.2 Å². The van der Waals surface area contributed by atoms with Gasteiger partial charge in [-0.25, -0.2) is 0 Å². The van der Waals surface area contributed by atoms with Crippen molar-refractivity contribution < 1.29 is 9.53 Å². The van der Waals surface area contributed by atoms with Crippen molar-refractivity contribution in [1.82, 2.24) is 10.2 Å². The second kappa shape index (κ2) is 7.25. The Morgan fingerprint density at radius 1 is 1.37 bits per heavy atom. The van der Waals surface area contributed by atoms with Crippen molar-refractivity contribution in [3.8, 4) is 0 Å². The molecule has 1 heterocycles. The number of piperidine rings is 1. The van der Waals surface area contributed by atoms with Gasteiger partial charge in [-0.15, -0.1) is 0 Å². The van der Waals surface area contributed by atoms with Crippen LogP contribution in [0.15, 0.2) is 0 Å². The van der Waals surface area contributed by atoms with Crippen molar-refractivity contribution in [3.05, 3.63) is 0 Å². The molecule has 0 bridgehead atoms. The number of ether oxygens (including phenoxy) is 1. The standard InChI is InChI=1S/C15H28N2O2/c1-3-14(15(18)19-4-2)17(13-7-8-13)11-12-6-5-9-16-10-12/h12-14,16H,3-11H2,1-2H3. The number of rotatable bonds is 7. The molecule has 0 aromatic rings. The highest BCUT2D eigenvalue weighted by molar-refractivity contribution is 5.75. The molecule has 1 N–H and O–H groups in total. The highest BCUT2D eigenvalue weighted by atomic mass is 16.5. The average Bonchev–Trinajstić information content (AvgIpc) is 3.24. The molecule has 19 heavy (non-hydrogen) atoms. The average molecular weight is 268 g/mol. The molecular formula is C15H28N2O2. The predicted molar refractivity (Wildman–Crippen MR) is 76.0 cm³/mol. The Kier molecular flexibility index (Phi) is 5.64. The molecule has 2 rings (SSSR count). The Morgan fingerprint density at radius 2 is 2.16 bits per heavy atom. The third-order valence-electron chi connectivity index (χ3n) is 4.23. The highest BCUT2D eigenvalue weighted by Gasteiger charge is 2.38. The van der Waals surface area contributed by atoms with Crippen LogP contribution < -0.4 is 5.32 Å². The Labute approximate surface area is 116 Å². The van der Waals surface area contributed by atoms with E-state index >= 15 is 0 Å². The van der Waals surface area contributed by atoms with Gasteiger partial charge >= 0.3 is 5.97 Å². The molecule has 2 atom stereocenters. The minimum Gasteiger partial charge on any atom is -0.465 e. The van der Waals surface area contributed by atoms with Crippen molar-refractivity contribution >= 4 is 5.97 Å². The molecule has 4 nitrogen and oxygen atoms in total. The molecule has 1 saturated heterocycles. The van der Waals surface area contributed by atoms with Gasteiger partial charge in [-0.3, -0.25) is 9.69 Å². The Morgan fingerprint density at radius 3 is 2.68 bits per heavy atom. The molecule has 0 amide bonds. The van der Waals surface area contributed by atoms with Crippen molar-refractivity contribution in [2.75, 3.05) is 26.2 Å². The first-order valence-corrected chi connectivity index (χ1v) is 7.89. The zero-order valence-corrected chi connectivity index (χ0v) is 12.4. The van der Waals surface area contributed by atoms with Crippen LogP contribution in [0.1, 0.15) is 46.0 Å². The van der Waals surface area contributed by atoms with Crippen LogP contribution in [0.25, 0.3) is 0 Å². The quantitative estimate of drug-likeness (QED) is 0.715. The Bertz CT molecular complexity index is 286. The fraction of sp³-hybridized carbons (Fsp3) is 0.933. The summed E-state index contributed by atoms with van der Waals surface area (Å²) < 4.78 is 5.25. The summed E-state index contributed by atoms with van der Waals surface area (Å²) in [6, 6.07) is 0.589. The first-order valence-electron chi connectivity index (χ1n) is 7.89. The van der Waals surface area contributed by atoms with E-state index in [0.717, 1.165) is 26.1 Å². The molecular weight excluding hydrogens is 240 g/mol. The van der Waals surface area contributed by atoms with Gasteiger partial charge in [0, 0.05) is 12.6 Å². The molecule has 0 aromatic carbocycles. The molecule has 2 aliphatic rings. The topological polar surface area (TPSA) is 41.6 Å². The van der Waals surface area contributed by atoms with E-state index in [1.165, 1.54) is 25.7 Å². The number of carbonyl (C=O) groups excluding carboxylic acids is 1. The number of hydrogen-bond donors (Lipinski definition) is 1. The van der Waals surface area contributed by atoms with Gasteiger partial charge in [0.2, 0.25) is 0 Å². The fourth-order valence-corrected chi connectivity index (χ4v) is 3.09. The summed E-state index contributed by atoms with van der Waals surface area (Å²) in [5, 5.41) is 3.47. The third kappa shape index (κ3) is 4.18. The number of esters is 1. The molecule has 0 radical (unpaired) electrons. The molecule has 0 spiro atoms. The second-order valence-electron chi connectivity index (χ2n) is 5.82. The smallest absolute Gasteiger partial charge is 0.323 e. The van der Waals surface area contributed by atoms with E-state index in [1.807, 2.05) is 6.92 Å². The van der Waals surface area contributed by atoms with Gasteiger partial charge in [0.05, 0.1) is 6.61 Å². The van der Waals surface area contributed by atoms with Crippen molar-refractivity contribution in [1.29, 1.82) is 0 Å². The van der Waals surface area contributed by atoms with Crippen LogP contribution in [0.2, 0.25) is 0 Å². The zero-order chi connectivity index (χ0) is 13.7. The van der Waals surface area contributed by atoms with E-state index < -0.39 is 0 Å². The largest absolute Gasteiger partial charge is 0.465 e. The summed E-state index contributed by atoms with van der Waals surface area (Å²) >= 11 is 0. The molecule has 1 aliphatic carbocycles. The summed E-state index contributed by atoms with van der Waals surface area (Å²) in [7, 11) is 0. The lowest BCUT2D eigenvalue weighted by Crippen LogP contribution is -2.47. The zero-order valence-electron chi connectivity index (χ0n) is 12.4. The molecule has 2 unspecified atom stereocenters. The lowest BCUT2D eigenvalue weighted by Gasteiger charge is -2.34. The van der Waals surface area contributed by atoms with Gasteiger partial charge in [0.1, 0.15) is 6.04 Å². The summed E-state index contributed by atoms with van der Waals surface area (Å²) in [4.78, 5) is 14.5. The fourth-order valence-electron chi connectivity index (χ4n) is 3.09. The van der Waals surface area contributed by atoms with Gasteiger partial charge in [-0.2, -0.15) is 0 Å². The minimum absolute atomic E-state index is 0.0272. The van der Waals surface area contributed by atoms with Gasteiger partial charge < -0.3 is 10.1 Å². The van der Waals surface area contributed by atoms with E-state index in [1.54, 1.807) is 0 Å². The molecule has 110 valence electrons. The number of carbonyl (C=O) groups is 1. The van der Waals surface area contributed by atoms with Gasteiger partial charge in [0.15, 0.2) is 0 Å². The molecule has 1 saturated carbocycles. The van der Waals surface area contributed by atoms with Crippen LogP contribution in [0.5, 0.6) is 0 Å². The number of nitrogens with one attached hydrogen (secondary N) is 1. The van der Waals surface area contributed by atoms with Crippen LogP contribution in [0.4, 0.5) is 0 Å². The predicted octanol–water partition coefficient (Wildman–Crippen LogP) is 1.79. The number of nitrogens with zero attached hydrogens (tertiary/aromatic N) is 1. The van der Waals surface area contributed by atoms with Gasteiger partial charge in [-0.05, 0) is 58.0 Å².